The van der Waals surface area contributed by atoms with Gasteiger partial charge in [0.15, 0.2) is 0 Å². The predicted octanol–water partition coefficient (Wildman–Crippen LogP) is 3.08. The summed E-state index contributed by atoms with van der Waals surface area (Å²) in [6, 6.07) is 1.32. The van der Waals surface area contributed by atoms with Crippen LogP contribution in [-0.4, -0.2) is 54.0 Å². The van der Waals surface area contributed by atoms with E-state index in [1.165, 1.54) is 19.3 Å². The van der Waals surface area contributed by atoms with E-state index in [1.807, 2.05) is 25.7 Å². The monoisotopic (exact) mass is 324 g/mol. The molecule has 0 aromatic rings. The second-order valence-corrected chi connectivity index (χ2v) is 8.48. The van der Waals surface area contributed by atoms with Crippen LogP contribution in [-0.2, 0) is 9.47 Å². The molecule has 0 radical (unpaired) electrons. The lowest BCUT2D eigenvalue weighted by molar-refractivity contribution is -0.120. The van der Waals surface area contributed by atoms with Gasteiger partial charge in [-0.25, -0.2) is 4.79 Å². The highest BCUT2D eigenvalue weighted by Gasteiger charge is 2.42. The molecule has 3 fully saturated rings. The minimum atomic E-state index is -0.425. The first kappa shape index (κ1) is 17.0. The Morgan fingerprint density at radius 1 is 1.17 bits per heavy atom. The van der Waals surface area contributed by atoms with Crippen molar-refractivity contribution in [2.24, 2.45) is 0 Å². The van der Waals surface area contributed by atoms with Crippen LogP contribution in [0.15, 0.2) is 0 Å². The number of nitrogens with zero attached hydrogens (tertiary/aromatic N) is 1. The van der Waals surface area contributed by atoms with E-state index in [-0.39, 0.29) is 11.7 Å². The summed E-state index contributed by atoms with van der Waals surface area (Å²) >= 11 is 0. The zero-order valence-corrected chi connectivity index (χ0v) is 14.9. The number of carbonyl (C=O) groups is 1. The molecule has 5 heteroatoms. The van der Waals surface area contributed by atoms with E-state index >= 15 is 0 Å². The molecular formula is C18H32N2O3. The third-order valence-corrected chi connectivity index (χ3v) is 5.40. The predicted molar refractivity (Wildman–Crippen MR) is 89.5 cm³/mol. The molecule has 2 aliphatic heterocycles. The van der Waals surface area contributed by atoms with Crippen molar-refractivity contribution in [3.05, 3.63) is 0 Å². The van der Waals surface area contributed by atoms with Crippen LogP contribution in [0, 0.1) is 0 Å². The average Bonchev–Trinajstić information content (AvgIpc) is 2.42. The highest BCUT2D eigenvalue weighted by Crippen LogP contribution is 2.36. The Kier molecular flexibility index (Phi) is 4.88. The Morgan fingerprint density at radius 2 is 1.87 bits per heavy atom. The molecule has 1 unspecified atom stereocenters. The van der Waals surface area contributed by atoms with E-state index in [0.29, 0.717) is 6.04 Å². The SMILES string of the molecule is CC(C)(C)OC(=O)N1CCC2(CC1)CC(NC1CCC1)CCO2. The molecule has 2 heterocycles. The number of amides is 1. The van der Waals surface area contributed by atoms with Gasteiger partial charge in [-0.15, -0.1) is 0 Å². The topological polar surface area (TPSA) is 50.8 Å². The first-order valence-corrected chi connectivity index (χ1v) is 9.23. The fourth-order valence-electron chi connectivity index (χ4n) is 3.85. The molecule has 0 bridgehead atoms. The second-order valence-electron chi connectivity index (χ2n) is 8.48. The largest absolute Gasteiger partial charge is 0.444 e. The zero-order valence-electron chi connectivity index (χ0n) is 14.9. The van der Waals surface area contributed by atoms with Gasteiger partial charge in [0.25, 0.3) is 0 Å². The zero-order chi connectivity index (χ0) is 16.5. The Hall–Kier alpha value is -0.810. The number of nitrogens with one attached hydrogen (secondary N) is 1. The first-order valence-electron chi connectivity index (χ1n) is 9.23. The van der Waals surface area contributed by atoms with Crippen molar-refractivity contribution in [3.8, 4) is 0 Å². The van der Waals surface area contributed by atoms with Crippen LogP contribution in [0.3, 0.4) is 0 Å². The smallest absolute Gasteiger partial charge is 0.410 e. The lowest BCUT2D eigenvalue weighted by Crippen LogP contribution is -2.55. The van der Waals surface area contributed by atoms with E-state index in [9.17, 15) is 4.79 Å². The fraction of sp³-hybridized carbons (Fsp3) is 0.944. The summed E-state index contributed by atoms with van der Waals surface area (Å²) in [5, 5.41) is 3.81. The van der Waals surface area contributed by atoms with Crippen LogP contribution >= 0.6 is 0 Å². The van der Waals surface area contributed by atoms with Gasteiger partial charge in [-0.3, -0.25) is 0 Å². The first-order chi connectivity index (χ1) is 10.9. The maximum absolute atomic E-state index is 12.2. The molecule has 23 heavy (non-hydrogen) atoms. The Balaban J connectivity index is 1.49. The van der Waals surface area contributed by atoms with Crippen molar-refractivity contribution in [1.29, 1.82) is 0 Å². The number of hydrogen-bond donors (Lipinski definition) is 1. The molecule has 3 rings (SSSR count). The molecule has 1 saturated carbocycles. The number of carbonyl (C=O) groups excluding carboxylic acids is 1. The lowest BCUT2D eigenvalue weighted by Gasteiger charge is -2.47. The third kappa shape index (κ3) is 4.38. The number of piperidine rings is 1. The molecular weight excluding hydrogens is 292 g/mol. The van der Waals surface area contributed by atoms with Crippen molar-refractivity contribution in [1.82, 2.24) is 10.2 Å². The molecule has 0 aromatic heterocycles. The third-order valence-electron chi connectivity index (χ3n) is 5.40. The minimum Gasteiger partial charge on any atom is -0.444 e. The van der Waals surface area contributed by atoms with Gasteiger partial charge in [0.1, 0.15) is 5.60 Å². The average molecular weight is 324 g/mol. The molecule has 0 aromatic carbocycles. The maximum atomic E-state index is 12.2. The van der Waals surface area contributed by atoms with E-state index in [2.05, 4.69) is 5.32 Å². The van der Waals surface area contributed by atoms with Crippen LogP contribution in [0.5, 0.6) is 0 Å². The van der Waals surface area contributed by atoms with Crippen LogP contribution in [0.1, 0.15) is 65.7 Å². The van der Waals surface area contributed by atoms with Crippen molar-refractivity contribution in [2.45, 2.75) is 89.0 Å². The van der Waals surface area contributed by atoms with Gasteiger partial charge in [-0.2, -0.15) is 0 Å². The van der Waals surface area contributed by atoms with Crippen molar-refractivity contribution >= 4 is 6.09 Å². The van der Waals surface area contributed by atoms with Crippen molar-refractivity contribution < 1.29 is 14.3 Å². The quantitative estimate of drug-likeness (QED) is 0.848. The maximum Gasteiger partial charge on any atom is 0.410 e. The second kappa shape index (κ2) is 6.60. The Morgan fingerprint density at radius 3 is 2.43 bits per heavy atom. The van der Waals surface area contributed by atoms with E-state index in [0.717, 1.165) is 51.4 Å². The number of hydrogen-bond acceptors (Lipinski definition) is 4. The Bertz CT molecular complexity index is 420. The molecule has 2 saturated heterocycles. The van der Waals surface area contributed by atoms with Crippen LogP contribution in [0.25, 0.3) is 0 Å². The highest BCUT2D eigenvalue weighted by molar-refractivity contribution is 5.68. The van der Waals surface area contributed by atoms with E-state index in [1.54, 1.807) is 0 Å². The number of ether oxygens (including phenoxy) is 2. The molecule has 1 aliphatic carbocycles. The van der Waals surface area contributed by atoms with Gasteiger partial charge >= 0.3 is 6.09 Å². The molecule has 3 aliphatic rings. The van der Waals surface area contributed by atoms with Gasteiger partial charge in [0.05, 0.1) is 5.60 Å². The number of rotatable bonds is 2. The summed E-state index contributed by atoms with van der Waals surface area (Å²) in [4.78, 5) is 14.0. The minimum absolute atomic E-state index is 0.0296. The summed E-state index contributed by atoms with van der Waals surface area (Å²) in [5.74, 6) is 0. The van der Waals surface area contributed by atoms with Crippen molar-refractivity contribution in [3.63, 3.8) is 0 Å². The molecule has 132 valence electrons. The summed E-state index contributed by atoms with van der Waals surface area (Å²) < 4.78 is 11.7. The van der Waals surface area contributed by atoms with Crippen LogP contribution in [0.2, 0.25) is 0 Å². The summed E-state index contributed by atoms with van der Waals surface area (Å²) in [5.41, 5.74) is -0.455. The standard InChI is InChI=1S/C18H32N2O3/c1-17(2,3)23-16(21)20-10-8-18(9-11-20)13-15(7-12-22-18)19-14-5-4-6-14/h14-15,19H,4-13H2,1-3H3. The van der Waals surface area contributed by atoms with Gasteiger partial charge in [0, 0.05) is 31.8 Å². The van der Waals surface area contributed by atoms with Crippen molar-refractivity contribution in [2.75, 3.05) is 19.7 Å². The molecule has 1 atom stereocenters. The highest BCUT2D eigenvalue weighted by atomic mass is 16.6. The number of likely N-dealkylation sites (tertiary alicyclic amines) is 1. The summed E-state index contributed by atoms with van der Waals surface area (Å²) in [7, 11) is 0. The van der Waals surface area contributed by atoms with Gasteiger partial charge in [-0.1, -0.05) is 6.42 Å². The molecule has 1 amide bonds. The van der Waals surface area contributed by atoms with Gasteiger partial charge in [0.2, 0.25) is 0 Å². The van der Waals surface area contributed by atoms with E-state index < -0.39 is 5.60 Å². The molecule has 1 N–H and O–H groups in total. The molecule has 1 spiro atoms. The Labute approximate surface area is 140 Å². The molecule has 5 nitrogen and oxygen atoms in total. The van der Waals surface area contributed by atoms with Crippen LogP contribution in [0.4, 0.5) is 4.79 Å². The normalized spacial score (nSPS) is 28.5. The summed E-state index contributed by atoms with van der Waals surface area (Å²) in [6.45, 7) is 8.07. The van der Waals surface area contributed by atoms with Gasteiger partial charge < -0.3 is 19.7 Å². The fourth-order valence-corrected chi connectivity index (χ4v) is 3.85. The lowest BCUT2D eigenvalue weighted by atomic mass is 9.81. The summed E-state index contributed by atoms with van der Waals surface area (Å²) in [6.07, 6.45) is 7.90. The van der Waals surface area contributed by atoms with Crippen LogP contribution < -0.4 is 5.32 Å². The van der Waals surface area contributed by atoms with Gasteiger partial charge in [-0.05, 0) is 59.3 Å². The van der Waals surface area contributed by atoms with E-state index in [4.69, 9.17) is 9.47 Å².